The summed E-state index contributed by atoms with van der Waals surface area (Å²) in [5.74, 6) is 1.48. The zero-order valence-electron chi connectivity index (χ0n) is 25.2. The summed E-state index contributed by atoms with van der Waals surface area (Å²) in [6.07, 6.45) is 7.05. The van der Waals surface area contributed by atoms with Crippen LogP contribution in [0.4, 0.5) is 5.69 Å². The smallest absolute Gasteiger partial charge is 0.217 e. The number of nitrogens with one attached hydrogen (secondary N) is 2. The lowest BCUT2D eigenvalue weighted by Gasteiger charge is -2.22. The Balaban J connectivity index is 1.98. The van der Waals surface area contributed by atoms with Gasteiger partial charge in [0.1, 0.15) is 0 Å². The van der Waals surface area contributed by atoms with E-state index in [0.717, 1.165) is 48.3 Å². The molecule has 0 saturated carbocycles. The van der Waals surface area contributed by atoms with Crippen LogP contribution in [0.15, 0.2) is 29.1 Å². The molecule has 2 N–H and O–H groups in total. The Kier molecular flexibility index (Phi) is 12.1. The molecule has 0 spiro atoms. The third kappa shape index (κ3) is 7.68. The molecule has 220 valence electrons. The van der Waals surface area contributed by atoms with E-state index in [-0.39, 0.29) is 17.4 Å². The van der Waals surface area contributed by atoms with E-state index < -0.39 is 0 Å². The number of anilines is 1. The molecule has 0 fully saturated rings. The maximum absolute atomic E-state index is 13.5. The number of hydrogen-bond acceptors (Lipinski definition) is 7. The summed E-state index contributed by atoms with van der Waals surface area (Å²) >= 11 is 0. The predicted octanol–water partition coefficient (Wildman–Crippen LogP) is 5.57. The van der Waals surface area contributed by atoms with Gasteiger partial charge in [-0.05, 0) is 86.6 Å². The normalized spacial score (nSPS) is 14.1. The first kappa shape index (κ1) is 31.3. The Morgan fingerprint density at radius 2 is 1.62 bits per heavy atom. The monoisotopic (exact) mass is 553 g/mol. The van der Waals surface area contributed by atoms with Crippen molar-refractivity contribution in [3.8, 4) is 28.4 Å². The van der Waals surface area contributed by atoms with E-state index in [9.17, 15) is 9.59 Å². The summed E-state index contributed by atoms with van der Waals surface area (Å²) in [6, 6.07) is 7.12. The number of hydrogen-bond donors (Lipinski definition) is 2. The third-order valence-electron chi connectivity index (χ3n) is 7.54. The van der Waals surface area contributed by atoms with E-state index in [1.165, 1.54) is 32.6 Å². The number of benzene rings is 1. The van der Waals surface area contributed by atoms with E-state index in [1.807, 2.05) is 18.2 Å². The topological polar surface area (TPSA) is 89.1 Å². The lowest BCUT2D eigenvalue weighted by molar-refractivity contribution is -0.119. The summed E-state index contributed by atoms with van der Waals surface area (Å²) in [7, 11) is 4.79. The number of ether oxygens (including phenoxy) is 3. The molecule has 1 atom stereocenters. The Morgan fingerprint density at radius 1 is 0.950 bits per heavy atom. The van der Waals surface area contributed by atoms with Crippen molar-refractivity contribution in [2.75, 3.05) is 52.8 Å². The summed E-state index contributed by atoms with van der Waals surface area (Å²) in [5, 5.41) is 6.44. The van der Waals surface area contributed by atoms with Crippen LogP contribution in [0.5, 0.6) is 17.2 Å². The van der Waals surface area contributed by atoms with Crippen molar-refractivity contribution in [2.45, 2.75) is 71.8 Å². The number of unbranched alkanes of at least 4 members (excludes halogenated alkanes) is 2. The van der Waals surface area contributed by atoms with Gasteiger partial charge < -0.3 is 29.7 Å². The molecule has 1 amide bonds. The van der Waals surface area contributed by atoms with Crippen LogP contribution >= 0.6 is 0 Å². The first-order valence-electron chi connectivity index (χ1n) is 14.6. The van der Waals surface area contributed by atoms with E-state index >= 15 is 0 Å². The molecule has 0 bridgehead atoms. The summed E-state index contributed by atoms with van der Waals surface area (Å²) in [6.45, 7) is 9.91. The van der Waals surface area contributed by atoms with Crippen molar-refractivity contribution >= 4 is 11.6 Å². The SMILES string of the molecule is CCCCN(CCCC)CCCNc1ccc2c(cc1=O)C(NC(C)=O)CCc1cc(OC)c(OC)c(OC)c1-2. The number of fused-ring (bicyclic) bond motifs is 3. The van der Waals surface area contributed by atoms with Crippen molar-refractivity contribution in [1.29, 1.82) is 0 Å². The fraction of sp³-hybridized carbons (Fsp3) is 0.562. The summed E-state index contributed by atoms with van der Waals surface area (Å²) in [5.41, 5.74) is 3.91. The largest absolute Gasteiger partial charge is 0.493 e. The van der Waals surface area contributed by atoms with Gasteiger partial charge in [0, 0.05) is 19.0 Å². The molecule has 3 rings (SSSR count). The van der Waals surface area contributed by atoms with E-state index in [1.54, 1.807) is 27.4 Å². The number of carbonyl (C=O) groups is 1. The lowest BCUT2D eigenvalue weighted by atomic mass is 9.95. The van der Waals surface area contributed by atoms with Crippen molar-refractivity contribution < 1.29 is 19.0 Å². The Labute approximate surface area is 239 Å². The van der Waals surface area contributed by atoms with Gasteiger partial charge in [0.25, 0.3) is 0 Å². The molecule has 1 aliphatic carbocycles. The zero-order valence-corrected chi connectivity index (χ0v) is 25.2. The average Bonchev–Trinajstić information content (AvgIpc) is 3.19. The minimum absolute atomic E-state index is 0.103. The van der Waals surface area contributed by atoms with Crippen molar-refractivity contribution in [3.63, 3.8) is 0 Å². The third-order valence-corrected chi connectivity index (χ3v) is 7.54. The number of methoxy groups -OCH3 is 3. The highest BCUT2D eigenvalue weighted by Gasteiger charge is 2.29. The second-order valence-electron chi connectivity index (χ2n) is 10.4. The Hall–Kier alpha value is -3.26. The molecule has 2 aromatic rings. The van der Waals surface area contributed by atoms with Crippen LogP contribution in [-0.4, -0.2) is 58.3 Å². The van der Waals surface area contributed by atoms with Crippen LogP contribution in [0.25, 0.3) is 11.1 Å². The molecule has 1 unspecified atom stereocenters. The van der Waals surface area contributed by atoms with Gasteiger partial charge >= 0.3 is 0 Å². The van der Waals surface area contributed by atoms with Crippen LogP contribution in [0.3, 0.4) is 0 Å². The minimum Gasteiger partial charge on any atom is -0.493 e. The van der Waals surface area contributed by atoms with E-state index in [4.69, 9.17) is 14.2 Å². The van der Waals surface area contributed by atoms with E-state index in [0.29, 0.717) is 42.3 Å². The molecule has 0 radical (unpaired) electrons. The summed E-state index contributed by atoms with van der Waals surface area (Å²) in [4.78, 5) is 28.2. The molecule has 0 aromatic heterocycles. The van der Waals surface area contributed by atoms with Crippen molar-refractivity contribution in [1.82, 2.24) is 10.2 Å². The number of amides is 1. The quantitative estimate of drug-likeness (QED) is 0.279. The molecule has 8 heteroatoms. The molecule has 40 heavy (non-hydrogen) atoms. The van der Waals surface area contributed by atoms with Crippen molar-refractivity contribution in [2.24, 2.45) is 0 Å². The van der Waals surface area contributed by atoms with Gasteiger partial charge in [0.05, 0.1) is 33.1 Å². The predicted molar refractivity (Wildman–Crippen MR) is 162 cm³/mol. The highest BCUT2D eigenvalue weighted by atomic mass is 16.5. The number of rotatable bonds is 15. The Bertz CT molecular complexity index is 1190. The van der Waals surface area contributed by atoms with Gasteiger partial charge in [-0.3, -0.25) is 9.59 Å². The van der Waals surface area contributed by atoms with Crippen LogP contribution < -0.4 is 30.3 Å². The van der Waals surface area contributed by atoms with Gasteiger partial charge in [-0.25, -0.2) is 0 Å². The molecule has 0 heterocycles. The van der Waals surface area contributed by atoms with Gasteiger partial charge in [0.15, 0.2) is 11.5 Å². The van der Waals surface area contributed by atoms with Crippen molar-refractivity contribution in [3.05, 3.63) is 45.6 Å². The maximum Gasteiger partial charge on any atom is 0.217 e. The molecule has 1 aliphatic rings. The molecular weight excluding hydrogens is 506 g/mol. The fourth-order valence-corrected chi connectivity index (χ4v) is 5.48. The molecular formula is C32H47N3O5. The number of aryl methyl sites for hydroxylation is 1. The van der Waals surface area contributed by atoms with Crippen LogP contribution in [0, 0.1) is 0 Å². The Morgan fingerprint density at radius 3 is 2.23 bits per heavy atom. The second kappa shape index (κ2) is 15.5. The van der Waals surface area contributed by atoms with Gasteiger partial charge in [-0.1, -0.05) is 32.8 Å². The van der Waals surface area contributed by atoms with Crippen LogP contribution in [0.1, 0.15) is 76.5 Å². The second-order valence-corrected chi connectivity index (χ2v) is 10.4. The lowest BCUT2D eigenvalue weighted by Crippen LogP contribution is -2.28. The van der Waals surface area contributed by atoms with Gasteiger partial charge in [-0.15, -0.1) is 0 Å². The summed E-state index contributed by atoms with van der Waals surface area (Å²) < 4.78 is 17.1. The highest BCUT2D eigenvalue weighted by Crippen LogP contribution is 2.50. The molecule has 0 aliphatic heterocycles. The highest BCUT2D eigenvalue weighted by molar-refractivity contribution is 5.83. The minimum atomic E-state index is -0.319. The first-order valence-corrected chi connectivity index (χ1v) is 14.6. The standard InChI is InChI=1S/C32H47N3O5/c1-7-9-17-35(18-10-8-2)19-11-16-33-27-15-13-24-25(21-28(27)37)26(34-22(3)36)14-12-23-20-29(38-4)31(39-5)32(40-6)30(23)24/h13,15,20-21,26H,7-12,14,16-19H2,1-6H3,(H,33,37)(H,34,36). The zero-order chi connectivity index (χ0) is 29.1. The fourth-order valence-electron chi connectivity index (χ4n) is 5.48. The van der Waals surface area contributed by atoms with Gasteiger partial charge in [0.2, 0.25) is 17.1 Å². The number of carbonyl (C=O) groups excluding carboxylic acids is 1. The number of nitrogens with zero attached hydrogens (tertiary/aromatic N) is 1. The molecule has 8 nitrogen and oxygen atoms in total. The van der Waals surface area contributed by atoms with Crippen LogP contribution in [0.2, 0.25) is 0 Å². The van der Waals surface area contributed by atoms with Gasteiger partial charge in [-0.2, -0.15) is 0 Å². The maximum atomic E-state index is 13.5. The molecule has 2 aromatic carbocycles. The van der Waals surface area contributed by atoms with E-state index in [2.05, 4.69) is 29.4 Å². The first-order chi connectivity index (χ1) is 19.4. The molecule has 0 saturated heterocycles. The average molecular weight is 554 g/mol. The van der Waals surface area contributed by atoms with Crippen LogP contribution in [-0.2, 0) is 11.2 Å².